The Morgan fingerprint density at radius 2 is 2.29 bits per heavy atom. The number of hydrogen-bond donors (Lipinski definition) is 2. The topological polar surface area (TPSA) is 89.6 Å². The fourth-order valence-electron chi connectivity index (χ4n) is 1.86. The van der Waals surface area contributed by atoms with Gasteiger partial charge in [0.25, 0.3) is 5.56 Å². The highest BCUT2D eigenvalue weighted by atomic mass is 35.5. The Hall–Kier alpha value is -1.56. The van der Waals surface area contributed by atoms with Crippen LogP contribution in [0.1, 0.15) is 19.3 Å². The van der Waals surface area contributed by atoms with Crippen molar-refractivity contribution in [3.63, 3.8) is 0 Å². The van der Waals surface area contributed by atoms with E-state index < -0.39 is 0 Å². The highest BCUT2D eigenvalue weighted by Gasteiger charge is 2.21. The maximum absolute atomic E-state index is 11.5. The van der Waals surface area contributed by atoms with Crippen molar-refractivity contribution in [3.8, 4) is 0 Å². The van der Waals surface area contributed by atoms with E-state index in [-0.39, 0.29) is 23.9 Å². The summed E-state index contributed by atoms with van der Waals surface area (Å²) in [5, 5.41) is 0. The first-order chi connectivity index (χ1) is 7.74. The molecule has 0 aliphatic heterocycles. The highest BCUT2D eigenvalue weighted by molar-refractivity contribution is 5.85. The van der Waals surface area contributed by atoms with E-state index in [1.165, 1.54) is 12.8 Å². The monoisotopic (exact) mass is 255 g/mol. The minimum absolute atomic E-state index is 0. The summed E-state index contributed by atoms with van der Waals surface area (Å²) in [6.45, 7) is 0.858. The molecule has 1 aliphatic rings. The molecule has 0 aromatic carbocycles. The number of nitrogen functional groups attached to an aromatic ring is 1. The lowest BCUT2D eigenvalue weighted by atomic mass is 10.3. The number of hydrogen-bond acceptors (Lipinski definition) is 4. The second-order valence-electron chi connectivity index (χ2n) is 4.29. The van der Waals surface area contributed by atoms with Crippen LogP contribution in [0.4, 0.5) is 5.95 Å². The van der Waals surface area contributed by atoms with Crippen LogP contribution in [0, 0.1) is 5.92 Å². The third-order valence-electron chi connectivity index (χ3n) is 2.97. The molecule has 7 heteroatoms. The van der Waals surface area contributed by atoms with Crippen molar-refractivity contribution in [3.05, 3.63) is 16.7 Å². The molecule has 0 spiro atoms. The van der Waals surface area contributed by atoms with Gasteiger partial charge in [-0.05, 0) is 12.3 Å². The summed E-state index contributed by atoms with van der Waals surface area (Å²) < 4.78 is 1.90. The fourth-order valence-corrected chi connectivity index (χ4v) is 1.86. The summed E-state index contributed by atoms with van der Waals surface area (Å²) >= 11 is 0. The number of aromatic nitrogens is 4. The maximum atomic E-state index is 11.5. The predicted molar refractivity (Wildman–Crippen MR) is 67.2 cm³/mol. The number of nitrogens with zero attached hydrogens (tertiary/aromatic N) is 3. The zero-order chi connectivity index (χ0) is 11.1. The molecule has 0 amide bonds. The van der Waals surface area contributed by atoms with Gasteiger partial charge in [0.2, 0.25) is 5.95 Å². The lowest BCUT2D eigenvalue weighted by Crippen LogP contribution is -2.12. The average Bonchev–Trinajstić information content (AvgIpc) is 2.97. The van der Waals surface area contributed by atoms with Crippen LogP contribution in [0.5, 0.6) is 0 Å². The molecule has 0 atom stereocenters. The van der Waals surface area contributed by atoms with Crippen molar-refractivity contribution >= 4 is 29.5 Å². The molecule has 17 heavy (non-hydrogen) atoms. The molecule has 3 N–H and O–H groups in total. The summed E-state index contributed by atoms with van der Waals surface area (Å²) in [4.78, 5) is 22.1. The van der Waals surface area contributed by atoms with Gasteiger partial charge in [-0.1, -0.05) is 12.8 Å². The number of H-pyrrole nitrogens is 1. The first-order valence-corrected chi connectivity index (χ1v) is 5.44. The Labute approximate surface area is 104 Å². The second kappa shape index (κ2) is 4.37. The number of nitrogens with two attached hydrogens (primary N) is 1. The molecule has 0 saturated heterocycles. The maximum Gasteiger partial charge on any atom is 0.280 e. The molecule has 1 saturated carbocycles. The second-order valence-corrected chi connectivity index (χ2v) is 4.29. The Morgan fingerprint density at radius 3 is 3.00 bits per heavy atom. The van der Waals surface area contributed by atoms with Gasteiger partial charge in [-0.3, -0.25) is 9.78 Å². The quantitative estimate of drug-likeness (QED) is 0.854. The van der Waals surface area contributed by atoms with E-state index in [4.69, 9.17) is 5.73 Å². The van der Waals surface area contributed by atoms with Crippen LogP contribution >= 0.6 is 12.4 Å². The van der Waals surface area contributed by atoms with Gasteiger partial charge < -0.3 is 10.3 Å². The average molecular weight is 256 g/mol. The fraction of sp³-hybridized carbons (Fsp3) is 0.500. The number of halogens is 1. The van der Waals surface area contributed by atoms with Gasteiger partial charge >= 0.3 is 0 Å². The highest BCUT2D eigenvalue weighted by Crippen LogP contribution is 2.32. The van der Waals surface area contributed by atoms with Crippen LogP contribution in [0.3, 0.4) is 0 Å². The van der Waals surface area contributed by atoms with Crippen molar-refractivity contribution < 1.29 is 0 Å². The molecular formula is C10H14ClN5O. The molecule has 3 rings (SSSR count). The number of imidazole rings is 1. The number of rotatable bonds is 3. The third-order valence-corrected chi connectivity index (χ3v) is 2.97. The number of aryl methyl sites for hydroxylation is 1. The van der Waals surface area contributed by atoms with E-state index in [0.717, 1.165) is 18.9 Å². The number of nitrogens with one attached hydrogen (secondary N) is 1. The molecule has 2 aromatic rings. The van der Waals surface area contributed by atoms with Crippen molar-refractivity contribution in [2.75, 3.05) is 5.73 Å². The van der Waals surface area contributed by atoms with Gasteiger partial charge in [0, 0.05) is 6.54 Å². The van der Waals surface area contributed by atoms with Crippen LogP contribution in [-0.4, -0.2) is 19.5 Å². The minimum atomic E-state index is -0.271. The van der Waals surface area contributed by atoms with Gasteiger partial charge in [0.05, 0.1) is 6.33 Å². The zero-order valence-electron chi connectivity index (χ0n) is 9.22. The number of fused-ring (bicyclic) bond motifs is 1. The van der Waals surface area contributed by atoms with Crippen molar-refractivity contribution in [1.29, 1.82) is 0 Å². The van der Waals surface area contributed by atoms with E-state index >= 15 is 0 Å². The van der Waals surface area contributed by atoms with E-state index in [9.17, 15) is 4.79 Å². The van der Waals surface area contributed by atoms with E-state index in [0.29, 0.717) is 11.2 Å². The molecule has 1 fully saturated rings. The summed E-state index contributed by atoms with van der Waals surface area (Å²) in [7, 11) is 0. The lowest BCUT2D eigenvalue weighted by Gasteiger charge is -2.02. The number of anilines is 1. The van der Waals surface area contributed by atoms with Crippen molar-refractivity contribution in [2.24, 2.45) is 5.92 Å². The van der Waals surface area contributed by atoms with Gasteiger partial charge in [0.1, 0.15) is 0 Å². The third kappa shape index (κ3) is 2.26. The van der Waals surface area contributed by atoms with E-state index in [1.807, 2.05) is 4.57 Å². The predicted octanol–water partition coefficient (Wildman–Crippen LogP) is 0.924. The van der Waals surface area contributed by atoms with E-state index in [1.54, 1.807) is 6.33 Å². The summed E-state index contributed by atoms with van der Waals surface area (Å²) in [6.07, 6.45) is 5.43. The molecule has 0 bridgehead atoms. The minimum Gasteiger partial charge on any atom is -0.369 e. The lowest BCUT2D eigenvalue weighted by molar-refractivity contribution is 0.605. The molecule has 1 aliphatic carbocycles. The smallest absolute Gasteiger partial charge is 0.280 e. The van der Waals surface area contributed by atoms with E-state index in [2.05, 4.69) is 15.0 Å². The first-order valence-electron chi connectivity index (χ1n) is 5.44. The molecule has 0 unspecified atom stereocenters. The summed E-state index contributed by atoms with van der Waals surface area (Å²) in [5.41, 5.74) is 6.19. The zero-order valence-corrected chi connectivity index (χ0v) is 10.0. The van der Waals surface area contributed by atoms with Gasteiger partial charge in [0.15, 0.2) is 11.2 Å². The summed E-state index contributed by atoms with van der Waals surface area (Å²) in [5.74, 6) is 0.988. The van der Waals surface area contributed by atoms with Crippen LogP contribution in [-0.2, 0) is 6.54 Å². The first kappa shape index (κ1) is 11.9. The van der Waals surface area contributed by atoms with Crippen molar-refractivity contribution in [2.45, 2.75) is 25.8 Å². The SMILES string of the molecule is Cl.Nc1nc2c(ncn2CCC2CC2)c(=O)[nH]1. The normalized spacial score (nSPS) is 14.8. The van der Waals surface area contributed by atoms with Crippen molar-refractivity contribution in [1.82, 2.24) is 19.5 Å². The Kier molecular flexibility index (Phi) is 3.06. The molecule has 6 nitrogen and oxygen atoms in total. The standard InChI is InChI=1S/C10H13N5O.ClH/c11-10-13-8-7(9(16)14-10)12-5-15(8)4-3-6-1-2-6;/h5-6H,1-4H2,(H3,11,13,14,16);1H. The van der Waals surface area contributed by atoms with Gasteiger partial charge in [-0.25, -0.2) is 4.98 Å². The Bertz CT molecular complexity index is 586. The molecular weight excluding hydrogens is 242 g/mol. The van der Waals surface area contributed by atoms with Crippen LogP contribution in [0.25, 0.3) is 11.2 Å². The Morgan fingerprint density at radius 1 is 1.53 bits per heavy atom. The molecule has 2 heterocycles. The molecule has 0 radical (unpaired) electrons. The van der Waals surface area contributed by atoms with Crippen LogP contribution < -0.4 is 11.3 Å². The van der Waals surface area contributed by atoms with Gasteiger partial charge in [-0.15, -0.1) is 12.4 Å². The molecule has 92 valence electrons. The van der Waals surface area contributed by atoms with Gasteiger partial charge in [-0.2, -0.15) is 4.98 Å². The number of aromatic amines is 1. The summed E-state index contributed by atoms with van der Waals surface area (Å²) in [6, 6.07) is 0. The molecule has 2 aromatic heterocycles. The largest absolute Gasteiger partial charge is 0.369 e. The van der Waals surface area contributed by atoms with Crippen LogP contribution in [0.15, 0.2) is 11.1 Å². The van der Waals surface area contributed by atoms with Crippen LogP contribution in [0.2, 0.25) is 0 Å². The Balaban J connectivity index is 0.00000108.